The summed E-state index contributed by atoms with van der Waals surface area (Å²) in [5, 5.41) is 19.4. The van der Waals surface area contributed by atoms with Crippen LogP contribution < -0.4 is 0 Å². The molecule has 0 aliphatic carbocycles. The number of carboxylic acids is 1. The fraction of sp³-hybridized carbons (Fsp3) is 0.364. The SMILES string of the molecule is CC(CCc1c(F)cccc1[N+](=O)[O-])C(=O)O. The Morgan fingerprint density at radius 3 is 2.76 bits per heavy atom. The molecule has 0 aromatic heterocycles. The summed E-state index contributed by atoms with van der Waals surface area (Å²) < 4.78 is 13.4. The van der Waals surface area contributed by atoms with Crippen LogP contribution in [-0.2, 0) is 11.2 Å². The minimum Gasteiger partial charge on any atom is -0.481 e. The van der Waals surface area contributed by atoms with Gasteiger partial charge in [0.15, 0.2) is 0 Å². The van der Waals surface area contributed by atoms with Crippen molar-refractivity contribution in [1.29, 1.82) is 0 Å². The normalized spacial score (nSPS) is 12.1. The third-order valence-electron chi connectivity index (χ3n) is 2.54. The summed E-state index contributed by atoms with van der Waals surface area (Å²) in [5.74, 6) is -2.32. The molecule has 92 valence electrons. The average Bonchev–Trinajstić information content (AvgIpc) is 2.26. The van der Waals surface area contributed by atoms with Gasteiger partial charge < -0.3 is 5.11 Å². The maximum absolute atomic E-state index is 13.4. The van der Waals surface area contributed by atoms with Gasteiger partial charge in [-0.3, -0.25) is 14.9 Å². The van der Waals surface area contributed by atoms with Crippen molar-refractivity contribution in [3.63, 3.8) is 0 Å². The Morgan fingerprint density at radius 2 is 2.24 bits per heavy atom. The maximum Gasteiger partial charge on any atom is 0.306 e. The Hall–Kier alpha value is -1.98. The summed E-state index contributed by atoms with van der Waals surface area (Å²) in [6.07, 6.45) is 0.202. The molecule has 17 heavy (non-hydrogen) atoms. The summed E-state index contributed by atoms with van der Waals surface area (Å²) in [6.45, 7) is 1.48. The van der Waals surface area contributed by atoms with E-state index in [2.05, 4.69) is 0 Å². The number of nitro groups is 1. The van der Waals surface area contributed by atoms with Gasteiger partial charge in [-0.2, -0.15) is 0 Å². The van der Waals surface area contributed by atoms with Gasteiger partial charge in [-0.15, -0.1) is 0 Å². The summed E-state index contributed by atoms with van der Waals surface area (Å²) in [6, 6.07) is 3.61. The molecule has 0 aliphatic heterocycles. The van der Waals surface area contributed by atoms with Gasteiger partial charge in [-0.1, -0.05) is 13.0 Å². The van der Waals surface area contributed by atoms with Gasteiger partial charge in [0, 0.05) is 6.07 Å². The molecule has 0 bridgehead atoms. The monoisotopic (exact) mass is 241 g/mol. The molecule has 0 heterocycles. The van der Waals surface area contributed by atoms with Crippen LogP contribution in [0.2, 0.25) is 0 Å². The number of benzene rings is 1. The van der Waals surface area contributed by atoms with Crippen LogP contribution in [0.5, 0.6) is 0 Å². The molecule has 0 spiro atoms. The molecule has 1 atom stereocenters. The van der Waals surface area contributed by atoms with Gasteiger partial charge in [-0.05, 0) is 18.9 Å². The fourth-order valence-corrected chi connectivity index (χ4v) is 1.45. The van der Waals surface area contributed by atoms with Crippen molar-refractivity contribution in [3.05, 3.63) is 39.7 Å². The number of nitrogens with zero attached hydrogens (tertiary/aromatic N) is 1. The van der Waals surface area contributed by atoms with E-state index >= 15 is 0 Å². The molecule has 0 saturated heterocycles. The zero-order valence-electron chi connectivity index (χ0n) is 9.22. The lowest BCUT2D eigenvalue weighted by Gasteiger charge is -2.07. The highest BCUT2D eigenvalue weighted by Gasteiger charge is 2.19. The van der Waals surface area contributed by atoms with E-state index in [-0.39, 0.29) is 24.1 Å². The molecule has 0 fully saturated rings. The highest BCUT2D eigenvalue weighted by Crippen LogP contribution is 2.24. The van der Waals surface area contributed by atoms with E-state index in [0.717, 1.165) is 6.07 Å². The van der Waals surface area contributed by atoms with Gasteiger partial charge >= 0.3 is 5.97 Å². The molecular weight excluding hydrogens is 229 g/mol. The van der Waals surface area contributed by atoms with E-state index in [9.17, 15) is 19.3 Å². The third-order valence-corrected chi connectivity index (χ3v) is 2.54. The summed E-state index contributed by atoms with van der Waals surface area (Å²) in [7, 11) is 0. The molecule has 0 radical (unpaired) electrons. The second kappa shape index (κ2) is 5.38. The molecule has 1 unspecified atom stereocenters. The largest absolute Gasteiger partial charge is 0.481 e. The standard InChI is InChI=1S/C11H12FNO4/c1-7(11(14)15)5-6-8-9(12)3-2-4-10(8)13(16)17/h2-4,7H,5-6H2,1H3,(H,14,15). The number of carboxylic acid groups (broad SMARTS) is 1. The van der Waals surface area contributed by atoms with Crippen molar-refractivity contribution in [2.75, 3.05) is 0 Å². The Morgan fingerprint density at radius 1 is 1.59 bits per heavy atom. The zero-order valence-corrected chi connectivity index (χ0v) is 9.22. The lowest BCUT2D eigenvalue weighted by atomic mass is 10.00. The van der Waals surface area contributed by atoms with Crippen LogP contribution in [0.25, 0.3) is 0 Å². The maximum atomic E-state index is 13.4. The second-order valence-electron chi connectivity index (χ2n) is 3.77. The first-order chi connectivity index (χ1) is 7.93. The summed E-state index contributed by atoms with van der Waals surface area (Å²) in [4.78, 5) is 20.6. The number of nitro benzene ring substituents is 1. The Bertz CT molecular complexity index is 447. The third kappa shape index (κ3) is 3.24. The first-order valence-electron chi connectivity index (χ1n) is 5.08. The van der Waals surface area contributed by atoms with Crippen molar-refractivity contribution in [3.8, 4) is 0 Å². The van der Waals surface area contributed by atoms with Gasteiger partial charge in [0.25, 0.3) is 5.69 Å². The Balaban J connectivity index is 2.90. The van der Waals surface area contributed by atoms with Crippen molar-refractivity contribution in [2.24, 2.45) is 5.92 Å². The van der Waals surface area contributed by atoms with Crippen LogP contribution in [0.15, 0.2) is 18.2 Å². The van der Waals surface area contributed by atoms with Crippen LogP contribution in [0, 0.1) is 21.8 Å². The molecule has 1 rings (SSSR count). The average molecular weight is 241 g/mol. The van der Waals surface area contributed by atoms with E-state index < -0.39 is 22.6 Å². The predicted octanol–water partition coefficient (Wildman–Crippen LogP) is 2.39. The smallest absolute Gasteiger partial charge is 0.306 e. The fourth-order valence-electron chi connectivity index (χ4n) is 1.45. The molecular formula is C11H12FNO4. The quantitative estimate of drug-likeness (QED) is 0.634. The first-order valence-corrected chi connectivity index (χ1v) is 5.08. The molecule has 0 amide bonds. The van der Waals surface area contributed by atoms with Crippen LogP contribution in [0.4, 0.5) is 10.1 Å². The highest BCUT2D eigenvalue weighted by molar-refractivity contribution is 5.69. The van der Waals surface area contributed by atoms with Crippen LogP contribution >= 0.6 is 0 Å². The Labute approximate surface area is 97.0 Å². The lowest BCUT2D eigenvalue weighted by Crippen LogP contribution is -2.11. The number of carbonyl (C=O) groups is 1. The van der Waals surface area contributed by atoms with E-state index in [1.807, 2.05) is 0 Å². The molecule has 6 heteroatoms. The van der Waals surface area contributed by atoms with E-state index in [4.69, 9.17) is 5.11 Å². The van der Waals surface area contributed by atoms with Crippen molar-refractivity contribution in [1.82, 2.24) is 0 Å². The van der Waals surface area contributed by atoms with Crippen LogP contribution in [0.1, 0.15) is 18.9 Å². The van der Waals surface area contributed by atoms with Crippen molar-refractivity contribution >= 4 is 11.7 Å². The summed E-state index contributed by atoms with van der Waals surface area (Å²) in [5.41, 5.74) is -0.340. The van der Waals surface area contributed by atoms with E-state index in [1.54, 1.807) is 0 Å². The minimum atomic E-state index is -0.996. The molecule has 5 nitrogen and oxygen atoms in total. The highest BCUT2D eigenvalue weighted by atomic mass is 19.1. The Kier molecular flexibility index (Phi) is 4.14. The number of hydrogen-bond donors (Lipinski definition) is 1. The summed E-state index contributed by atoms with van der Waals surface area (Å²) >= 11 is 0. The molecule has 1 N–H and O–H groups in total. The molecule has 1 aromatic carbocycles. The lowest BCUT2D eigenvalue weighted by molar-refractivity contribution is -0.385. The van der Waals surface area contributed by atoms with Gasteiger partial charge in [0.2, 0.25) is 0 Å². The first kappa shape index (κ1) is 13.1. The minimum absolute atomic E-state index is 0.0365. The molecule has 1 aromatic rings. The van der Waals surface area contributed by atoms with Gasteiger partial charge in [-0.25, -0.2) is 4.39 Å². The predicted molar refractivity (Wildman–Crippen MR) is 58.2 cm³/mol. The van der Waals surface area contributed by atoms with Crippen LogP contribution in [-0.4, -0.2) is 16.0 Å². The second-order valence-corrected chi connectivity index (χ2v) is 3.77. The van der Waals surface area contributed by atoms with Gasteiger partial charge in [0.1, 0.15) is 5.82 Å². The number of hydrogen-bond acceptors (Lipinski definition) is 3. The van der Waals surface area contributed by atoms with Crippen molar-refractivity contribution in [2.45, 2.75) is 19.8 Å². The topological polar surface area (TPSA) is 80.4 Å². The number of rotatable bonds is 5. The number of aliphatic carboxylic acids is 1. The number of halogens is 1. The van der Waals surface area contributed by atoms with Crippen molar-refractivity contribution < 1.29 is 19.2 Å². The molecule has 0 saturated carbocycles. The van der Waals surface area contributed by atoms with Gasteiger partial charge in [0.05, 0.1) is 16.4 Å². The molecule has 0 aliphatic rings. The van der Waals surface area contributed by atoms with Crippen LogP contribution in [0.3, 0.4) is 0 Å². The van der Waals surface area contributed by atoms with E-state index in [1.165, 1.54) is 19.1 Å². The zero-order chi connectivity index (χ0) is 13.0. The van der Waals surface area contributed by atoms with E-state index in [0.29, 0.717) is 0 Å².